The van der Waals surface area contributed by atoms with Gasteiger partial charge in [-0.25, -0.2) is 9.78 Å². The Kier molecular flexibility index (Phi) is 3.70. The average molecular weight is 289 g/mol. The molecule has 1 amide bonds. The zero-order valence-corrected chi connectivity index (χ0v) is 10.9. The maximum atomic E-state index is 11.3. The van der Waals surface area contributed by atoms with Crippen LogP contribution in [0.15, 0.2) is 24.5 Å². The Labute approximate surface area is 118 Å². The summed E-state index contributed by atoms with van der Waals surface area (Å²) in [7, 11) is 0. The topological polar surface area (TPSA) is 135 Å². The van der Waals surface area contributed by atoms with Gasteiger partial charge in [-0.2, -0.15) is 0 Å². The van der Waals surface area contributed by atoms with Crippen LogP contribution < -0.4 is 10.5 Å². The van der Waals surface area contributed by atoms with Crippen LogP contribution in [-0.4, -0.2) is 32.9 Å². The summed E-state index contributed by atoms with van der Waals surface area (Å²) in [6.45, 7) is 1.14. The van der Waals surface area contributed by atoms with E-state index < -0.39 is 17.8 Å². The van der Waals surface area contributed by atoms with E-state index in [2.05, 4.69) is 9.97 Å². The summed E-state index contributed by atoms with van der Waals surface area (Å²) in [5, 5.41) is 9.17. The summed E-state index contributed by atoms with van der Waals surface area (Å²) in [5.74, 6) is -2.92. The number of H-pyrrole nitrogens is 1. The second kappa shape index (κ2) is 5.45. The second-order valence-electron chi connectivity index (χ2n) is 4.07. The zero-order chi connectivity index (χ0) is 15.6. The minimum Gasteiger partial charge on any atom is -0.478 e. The number of amides is 1. The van der Waals surface area contributed by atoms with Crippen LogP contribution in [-0.2, 0) is 4.79 Å². The fourth-order valence-corrected chi connectivity index (χ4v) is 1.83. The molecule has 0 aliphatic carbocycles. The first-order chi connectivity index (χ1) is 9.91. The zero-order valence-electron chi connectivity index (χ0n) is 10.9. The first kappa shape index (κ1) is 14.3. The lowest BCUT2D eigenvalue weighted by atomic mass is 10.0. The summed E-state index contributed by atoms with van der Waals surface area (Å²) in [6.07, 6.45) is 1.24. The summed E-state index contributed by atoms with van der Waals surface area (Å²) in [5.41, 5.74) is 5.28. The predicted octanol–water partition coefficient (Wildman–Crippen LogP) is 0.799. The molecule has 0 radical (unpaired) electrons. The standard InChI is InChI=1S/C13H11N3O5/c1-6(17)21-11-7(3-2-4-8(11)13(19)20)9-10(12(14)18)16-5-15-9/h2-5H,1H3,(H2,14,18)(H,15,16)(H,19,20). The molecule has 0 aliphatic heterocycles. The summed E-state index contributed by atoms with van der Waals surface area (Å²) in [6, 6.07) is 4.21. The van der Waals surface area contributed by atoms with Gasteiger partial charge < -0.3 is 20.6 Å². The number of rotatable bonds is 4. The number of esters is 1. The Morgan fingerprint density at radius 1 is 1.33 bits per heavy atom. The van der Waals surface area contributed by atoms with Crippen molar-refractivity contribution in [2.24, 2.45) is 5.73 Å². The van der Waals surface area contributed by atoms with E-state index in [0.717, 1.165) is 6.92 Å². The van der Waals surface area contributed by atoms with Crippen LogP contribution in [0.4, 0.5) is 0 Å². The van der Waals surface area contributed by atoms with Crippen LogP contribution in [0.25, 0.3) is 11.3 Å². The van der Waals surface area contributed by atoms with Crippen LogP contribution in [0.3, 0.4) is 0 Å². The first-order valence-electron chi connectivity index (χ1n) is 5.80. The smallest absolute Gasteiger partial charge is 0.339 e. The molecule has 0 aliphatic rings. The molecule has 8 heteroatoms. The molecule has 1 aromatic carbocycles. The molecule has 0 atom stereocenters. The number of nitrogens with zero attached hydrogens (tertiary/aromatic N) is 1. The van der Waals surface area contributed by atoms with Gasteiger partial charge in [0, 0.05) is 12.5 Å². The third-order valence-electron chi connectivity index (χ3n) is 2.63. The van der Waals surface area contributed by atoms with E-state index >= 15 is 0 Å². The quantitative estimate of drug-likeness (QED) is 0.562. The fraction of sp³-hybridized carbons (Fsp3) is 0.0769. The van der Waals surface area contributed by atoms with E-state index in [9.17, 15) is 14.4 Å². The molecule has 8 nitrogen and oxygen atoms in total. The molecule has 21 heavy (non-hydrogen) atoms. The minimum absolute atomic E-state index is 0.00839. The maximum absolute atomic E-state index is 11.3. The maximum Gasteiger partial charge on any atom is 0.339 e. The van der Waals surface area contributed by atoms with Crippen molar-refractivity contribution in [2.45, 2.75) is 6.92 Å². The molecule has 2 rings (SSSR count). The van der Waals surface area contributed by atoms with Gasteiger partial charge in [0.2, 0.25) is 0 Å². The number of nitrogens with two attached hydrogens (primary N) is 1. The lowest BCUT2D eigenvalue weighted by Crippen LogP contribution is -2.14. The van der Waals surface area contributed by atoms with Crippen molar-refractivity contribution < 1.29 is 24.2 Å². The van der Waals surface area contributed by atoms with Crippen LogP contribution in [0, 0.1) is 0 Å². The van der Waals surface area contributed by atoms with E-state index in [4.69, 9.17) is 15.6 Å². The monoisotopic (exact) mass is 289 g/mol. The number of benzene rings is 1. The van der Waals surface area contributed by atoms with Gasteiger partial charge in [0.15, 0.2) is 5.75 Å². The van der Waals surface area contributed by atoms with Gasteiger partial charge in [-0.1, -0.05) is 6.07 Å². The Hall–Kier alpha value is -3.16. The molecule has 0 saturated carbocycles. The molecule has 0 unspecified atom stereocenters. The van der Waals surface area contributed by atoms with Gasteiger partial charge >= 0.3 is 11.9 Å². The van der Waals surface area contributed by atoms with Crippen molar-refractivity contribution in [3.63, 3.8) is 0 Å². The number of primary amides is 1. The number of aromatic nitrogens is 2. The van der Waals surface area contributed by atoms with Gasteiger partial charge in [0.05, 0.1) is 6.33 Å². The number of nitrogens with one attached hydrogen (secondary N) is 1. The number of carboxylic acids is 1. The average Bonchev–Trinajstić information content (AvgIpc) is 2.87. The van der Waals surface area contributed by atoms with Gasteiger partial charge in [0.1, 0.15) is 17.0 Å². The number of carboxylic acid groups (broad SMARTS) is 1. The molecule has 2 aromatic rings. The number of carbonyl (C=O) groups is 3. The molecule has 108 valence electrons. The molecule has 4 N–H and O–H groups in total. The van der Waals surface area contributed by atoms with Crippen molar-refractivity contribution >= 4 is 17.8 Å². The van der Waals surface area contributed by atoms with E-state index in [1.54, 1.807) is 0 Å². The largest absolute Gasteiger partial charge is 0.478 e. The van der Waals surface area contributed by atoms with Crippen molar-refractivity contribution in [1.82, 2.24) is 9.97 Å². The molecule has 0 saturated heterocycles. The van der Waals surface area contributed by atoms with E-state index in [1.165, 1.54) is 24.5 Å². The van der Waals surface area contributed by atoms with E-state index in [0.29, 0.717) is 0 Å². The summed E-state index contributed by atoms with van der Waals surface area (Å²) in [4.78, 5) is 40.3. The Morgan fingerprint density at radius 3 is 2.62 bits per heavy atom. The third kappa shape index (κ3) is 2.73. The highest BCUT2D eigenvalue weighted by molar-refractivity contribution is 6.00. The molecular weight excluding hydrogens is 278 g/mol. The fourth-order valence-electron chi connectivity index (χ4n) is 1.83. The SMILES string of the molecule is CC(=O)Oc1c(C(=O)O)cccc1-c1nc[nH]c1C(N)=O. The molecule has 0 fully saturated rings. The molecule has 1 heterocycles. The lowest BCUT2D eigenvalue weighted by molar-refractivity contribution is -0.131. The highest BCUT2D eigenvalue weighted by Gasteiger charge is 2.22. The number of carbonyl (C=O) groups excluding carboxylic acids is 2. The number of aromatic amines is 1. The molecule has 1 aromatic heterocycles. The molecule has 0 bridgehead atoms. The number of aromatic carboxylic acids is 1. The Bertz CT molecular complexity index is 735. The third-order valence-corrected chi connectivity index (χ3v) is 2.63. The van der Waals surface area contributed by atoms with Crippen molar-refractivity contribution in [3.8, 4) is 17.0 Å². The van der Waals surface area contributed by atoms with Crippen LogP contribution in [0.2, 0.25) is 0 Å². The second-order valence-corrected chi connectivity index (χ2v) is 4.07. The van der Waals surface area contributed by atoms with E-state index in [-0.39, 0.29) is 28.3 Å². The lowest BCUT2D eigenvalue weighted by Gasteiger charge is -2.11. The van der Waals surface area contributed by atoms with Crippen molar-refractivity contribution in [3.05, 3.63) is 35.8 Å². The van der Waals surface area contributed by atoms with Crippen LogP contribution >= 0.6 is 0 Å². The molecule has 0 spiro atoms. The molecular formula is C13H11N3O5. The van der Waals surface area contributed by atoms with Crippen LogP contribution in [0.1, 0.15) is 27.8 Å². The first-order valence-corrected chi connectivity index (χ1v) is 5.80. The van der Waals surface area contributed by atoms with Crippen LogP contribution in [0.5, 0.6) is 5.75 Å². The van der Waals surface area contributed by atoms with Gasteiger partial charge in [-0.05, 0) is 12.1 Å². The van der Waals surface area contributed by atoms with E-state index in [1.807, 2.05) is 0 Å². The predicted molar refractivity (Wildman–Crippen MR) is 70.8 cm³/mol. The minimum atomic E-state index is -1.27. The number of imidazole rings is 1. The van der Waals surface area contributed by atoms with Crippen molar-refractivity contribution in [2.75, 3.05) is 0 Å². The number of hydrogen-bond donors (Lipinski definition) is 3. The summed E-state index contributed by atoms with van der Waals surface area (Å²) < 4.78 is 4.97. The van der Waals surface area contributed by atoms with Gasteiger partial charge in [-0.3, -0.25) is 9.59 Å². The highest BCUT2D eigenvalue weighted by atomic mass is 16.5. The summed E-state index contributed by atoms with van der Waals surface area (Å²) >= 11 is 0. The number of para-hydroxylation sites is 1. The highest BCUT2D eigenvalue weighted by Crippen LogP contribution is 2.33. The Morgan fingerprint density at radius 2 is 2.05 bits per heavy atom. The number of hydrogen-bond acceptors (Lipinski definition) is 5. The van der Waals surface area contributed by atoms with Gasteiger partial charge in [0.25, 0.3) is 5.91 Å². The number of ether oxygens (including phenoxy) is 1. The normalized spacial score (nSPS) is 10.1. The van der Waals surface area contributed by atoms with Crippen molar-refractivity contribution in [1.29, 1.82) is 0 Å². The Balaban J connectivity index is 2.70. The van der Waals surface area contributed by atoms with Gasteiger partial charge in [-0.15, -0.1) is 0 Å².